The van der Waals surface area contributed by atoms with Crippen molar-refractivity contribution in [2.45, 2.75) is 6.92 Å². The predicted octanol–water partition coefficient (Wildman–Crippen LogP) is 2.09. The van der Waals surface area contributed by atoms with Gasteiger partial charge >= 0.3 is 0 Å². The minimum absolute atomic E-state index is 0.0935. The number of nitrogens with one attached hydrogen (secondary N) is 2. The summed E-state index contributed by atoms with van der Waals surface area (Å²) in [6.45, 7) is 3.83. The number of amides is 1. The van der Waals surface area contributed by atoms with Crippen LogP contribution >= 0.6 is 22.6 Å². The number of rotatable bonds is 2. The molecular formula is C12H15IN2O. The molecule has 1 aliphatic heterocycles. The number of benzene rings is 1. The van der Waals surface area contributed by atoms with Gasteiger partial charge in [0.1, 0.15) is 0 Å². The molecule has 2 atom stereocenters. The molecule has 0 radical (unpaired) electrons. The Labute approximate surface area is 109 Å². The predicted molar refractivity (Wildman–Crippen MR) is 73.3 cm³/mol. The summed E-state index contributed by atoms with van der Waals surface area (Å²) in [6, 6.07) is 7.84. The van der Waals surface area contributed by atoms with E-state index in [2.05, 4.69) is 40.1 Å². The van der Waals surface area contributed by atoms with Gasteiger partial charge in [0.15, 0.2) is 0 Å². The lowest BCUT2D eigenvalue weighted by Crippen LogP contribution is -2.28. The third-order valence-corrected chi connectivity index (χ3v) is 3.93. The Kier molecular flexibility index (Phi) is 3.81. The van der Waals surface area contributed by atoms with Crippen LogP contribution in [-0.4, -0.2) is 19.0 Å². The normalized spacial score (nSPS) is 24.4. The van der Waals surface area contributed by atoms with Gasteiger partial charge in [0, 0.05) is 10.1 Å². The van der Waals surface area contributed by atoms with Gasteiger partial charge in [-0.15, -0.1) is 0 Å². The van der Waals surface area contributed by atoms with E-state index in [-0.39, 0.29) is 11.8 Å². The number of halogens is 1. The van der Waals surface area contributed by atoms with Crippen molar-refractivity contribution in [3.8, 4) is 0 Å². The summed E-state index contributed by atoms with van der Waals surface area (Å²) in [4.78, 5) is 12.0. The van der Waals surface area contributed by atoms with Crippen molar-refractivity contribution in [1.82, 2.24) is 5.32 Å². The fourth-order valence-electron chi connectivity index (χ4n) is 1.95. The van der Waals surface area contributed by atoms with E-state index in [4.69, 9.17) is 0 Å². The first-order chi connectivity index (χ1) is 7.68. The molecule has 0 spiro atoms. The monoisotopic (exact) mass is 330 g/mol. The molecule has 1 heterocycles. The fourth-order valence-corrected chi connectivity index (χ4v) is 2.47. The molecule has 1 aliphatic rings. The Balaban J connectivity index is 2.05. The van der Waals surface area contributed by atoms with Crippen LogP contribution in [0.4, 0.5) is 5.69 Å². The number of hydrogen-bond acceptors (Lipinski definition) is 2. The Morgan fingerprint density at radius 1 is 1.44 bits per heavy atom. The van der Waals surface area contributed by atoms with Crippen LogP contribution in [0.25, 0.3) is 0 Å². The van der Waals surface area contributed by atoms with Crippen LogP contribution in [0, 0.1) is 15.4 Å². The van der Waals surface area contributed by atoms with Crippen LogP contribution in [0.3, 0.4) is 0 Å². The maximum Gasteiger partial charge on any atom is 0.229 e. The van der Waals surface area contributed by atoms with Crippen molar-refractivity contribution in [1.29, 1.82) is 0 Å². The largest absolute Gasteiger partial charge is 0.325 e. The van der Waals surface area contributed by atoms with Crippen molar-refractivity contribution in [2.24, 2.45) is 11.8 Å². The summed E-state index contributed by atoms with van der Waals surface area (Å²) in [5.74, 6) is 0.638. The minimum Gasteiger partial charge on any atom is -0.325 e. The van der Waals surface area contributed by atoms with Gasteiger partial charge in [0.05, 0.1) is 11.6 Å². The van der Waals surface area contributed by atoms with Crippen LogP contribution < -0.4 is 10.6 Å². The quantitative estimate of drug-likeness (QED) is 0.816. The maximum atomic E-state index is 12.0. The van der Waals surface area contributed by atoms with E-state index in [1.54, 1.807) is 0 Å². The summed E-state index contributed by atoms with van der Waals surface area (Å²) in [5, 5.41) is 6.24. The summed E-state index contributed by atoms with van der Waals surface area (Å²) in [7, 11) is 0. The lowest BCUT2D eigenvalue weighted by molar-refractivity contribution is -0.120. The van der Waals surface area contributed by atoms with Crippen LogP contribution in [-0.2, 0) is 4.79 Å². The van der Waals surface area contributed by atoms with E-state index in [1.807, 2.05) is 24.3 Å². The molecule has 1 fully saturated rings. The number of carbonyl (C=O) groups is 1. The Morgan fingerprint density at radius 3 is 2.81 bits per heavy atom. The first kappa shape index (κ1) is 11.9. The SMILES string of the molecule is CC1CNCC1C(=O)Nc1ccccc1I. The number of hydrogen-bond donors (Lipinski definition) is 2. The molecule has 2 unspecified atom stereocenters. The van der Waals surface area contributed by atoms with Gasteiger partial charge in [0.25, 0.3) is 0 Å². The molecule has 86 valence electrons. The molecule has 1 aromatic carbocycles. The molecule has 2 N–H and O–H groups in total. The highest BCUT2D eigenvalue weighted by molar-refractivity contribution is 14.1. The summed E-state index contributed by atoms with van der Waals surface area (Å²) < 4.78 is 1.08. The third-order valence-electron chi connectivity index (χ3n) is 2.99. The number of anilines is 1. The zero-order valence-electron chi connectivity index (χ0n) is 9.16. The van der Waals surface area contributed by atoms with E-state index in [1.165, 1.54) is 0 Å². The van der Waals surface area contributed by atoms with Crippen LogP contribution in [0.1, 0.15) is 6.92 Å². The zero-order valence-corrected chi connectivity index (χ0v) is 11.3. The highest BCUT2D eigenvalue weighted by Gasteiger charge is 2.29. The van der Waals surface area contributed by atoms with Gasteiger partial charge in [-0.05, 0) is 47.2 Å². The molecule has 2 rings (SSSR count). The third kappa shape index (κ3) is 2.55. The van der Waals surface area contributed by atoms with Gasteiger partial charge in [-0.25, -0.2) is 0 Å². The van der Waals surface area contributed by atoms with Crippen LogP contribution in [0.15, 0.2) is 24.3 Å². The molecule has 0 aliphatic carbocycles. The number of para-hydroxylation sites is 1. The van der Waals surface area contributed by atoms with Crippen molar-refractivity contribution < 1.29 is 4.79 Å². The highest BCUT2D eigenvalue weighted by atomic mass is 127. The lowest BCUT2D eigenvalue weighted by Gasteiger charge is -2.14. The van der Waals surface area contributed by atoms with Gasteiger partial charge in [0.2, 0.25) is 5.91 Å². The summed E-state index contributed by atoms with van der Waals surface area (Å²) in [6.07, 6.45) is 0. The van der Waals surface area contributed by atoms with Crippen molar-refractivity contribution >= 4 is 34.2 Å². The molecule has 0 bridgehead atoms. The van der Waals surface area contributed by atoms with Gasteiger partial charge in [-0.1, -0.05) is 19.1 Å². The van der Waals surface area contributed by atoms with Crippen molar-refractivity contribution in [2.75, 3.05) is 18.4 Å². The fraction of sp³-hybridized carbons (Fsp3) is 0.417. The molecule has 0 saturated carbocycles. The first-order valence-corrected chi connectivity index (χ1v) is 6.52. The molecule has 1 aromatic rings. The van der Waals surface area contributed by atoms with Crippen LogP contribution in [0.2, 0.25) is 0 Å². The molecule has 4 heteroatoms. The smallest absolute Gasteiger partial charge is 0.229 e. The maximum absolute atomic E-state index is 12.0. The average Bonchev–Trinajstić information content (AvgIpc) is 2.68. The molecular weight excluding hydrogens is 315 g/mol. The van der Waals surface area contributed by atoms with Gasteiger partial charge < -0.3 is 10.6 Å². The zero-order chi connectivity index (χ0) is 11.5. The second kappa shape index (κ2) is 5.14. The van der Waals surface area contributed by atoms with E-state index in [0.717, 1.165) is 22.3 Å². The molecule has 0 aromatic heterocycles. The number of carbonyl (C=O) groups excluding carboxylic acids is 1. The Bertz CT molecular complexity index is 394. The Hall–Kier alpha value is -0.620. The summed E-state index contributed by atoms with van der Waals surface area (Å²) in [5.41, 5.74) is 0.909. The topological polar surface area (TPSA) is 41.1 Å². The van der Waals surface area contributed by atoms with Crippen LogP contribution in [0.5, 0.6) is 0 Å². The second-order valence-corrected chi connectivity index (χ2v) is 5.37. The molecule has 1 saturated heterocycles. The van der Waals surface area contributed by atoms with Crippen molar-refractivity contribution in [3.63, 3.8) is 0 Å². The first-order valence-electron chi connectivity index (χ1n) is 5.44. The minimum atomic E-state index is 0.0935. The van der Waals surface area contributed by atoms with Crippen molar-refractivity contribution in [3.05, 3.63) is 27.8 Å². The molecule has 16 heavy (non-hydrogen) atoms. The average molecular weight is 330 g/mol. The molecule has 1 amide bonds. The van der Waals surface area contributed by atoms with E-state index >= 15 is 0 Å². The highest BCUT2D eigenvalue weighted by Crippen LogP contribution is 2.21. The lowest BCUT2D eigenvalue weighted by atomic mass is 9.97. The molecule has 3 nitrogen and oxygen atoms in total. The standard InChI is InChI=1S/C12H15IN2O/c1-8-6-14-7-9(8)12(16)15-11-5-3-2-4-10(11)13/h2-5,8-9,14H,6-7H2,1H3,(H,15,16). The van der Waals surface area contributed by atoms with E-state index in [0.29, 0.717) is 5.92 Å². The van der Waals surface area contributed by atoms with Gasteiger partial charge in [-0.2, -0.15) is 0 Å². The van der Waals surface area contributed by atoms with Gasteiger partial charge in [-0.3, -0.25) is 4.79 Å². The Morgan fingerprint density at radius 2 is 2.19 bits per heavy atom. The second-order valence-electron chi connectivity index (χ2n) is 4.21. The van der Waals surface area contributed by atoms with E-state index < -0.39 is 0 Å². The summed E-state index contributed by atoms with van der Waals surface area (Å²) >= 11 is 2.23. The van der Waals surface area contributed by atoms with E-state index in [9.17, 15) is 4.79 Å².